The molecule has 1 rings (SSSR count). The Kier molecular flexibility index (Phi) is 11.8. The van der Waals surface area contributed by atoms with E-state index in [2.05, 4.69) is 4.74 Å². The second-order valence-corrected chi connectivity index (χ2v) is 8.11. The Bertz CT molecular complexity index is 588. The van der Waals surface area contributed by atoms with Crippen molar-refractivity contribution < 1.29 is 32.6 Å². The van der Waals surface area contributed by atoms with E-state index in [1.54, 1.807) is 6.08 Å². The summed E-state index contributed by atoms with van der Waals surface area (Å²) in [6, 6.07) is 0. The Morgan fingerprint density at radius 2 is 1.77 bits per heavy atom. The molecule has 1 saturated carbocycles. The molecule has 1 fully saturated rings. The Hall–Kier alpha value is -1.79. The minimum Gasteiger partial charge on any atom is -0.469 e. The van der Waals surface area contributed by atoms with E-state index in [9.17, 15) is 23.2 Å². The topological polar surface area (TPSA) is 69.7 Å². The number of methoxy groups -OCH3 is 1. The molecule has 0 aromatic heterocycles. The second kappa shape index (κ2) is 13.5. The molecule has 1 aliphatic carbocycles. The largest absolute Gasteiger partial charge is 0.469 e. The van der Waals surface area contributed by atoms with Gasteiger partial charge in [-0.2, -0.15) is 8.78 Å². The summed E-state index contributed by atoms with van der Waals surface area (Å²) < 4.78 is 37.9. The third-order valence-electron chi connectivity index (χ3n) is 5.72. The van der Waals surface area contributed by atoms with E-state index in [0.29, 0.717) is 32.1 Å². The highest BCUT2D eigenvalue weighted by Gasteiger charge is 2.38. The van der Waals surface area contributed by atoms with Gasteiger partial charge in [-0.15, -0.1) is 0 Å². The fourth-order valence-corrected chi connectivity index (χ4v) is 4.02. The summed E-state index contributed by atoms with van der Waals surface area (Å²) in [5.74, 6) is -5.08. The summed E-state index contributed by atoms with van der Waals surface area (Å²) in [4.78, 5) is 34.5. The molecule has 3 atom stereocenters. The SMILES string of the molecule is CCCCC(F)(F)C(=O)C=C[C@H]1CC[C@H](OC(C)=O)C1CCCCCCC(=O)OC. The Morgan fingerprint density at radius 1 is 1.07 bits per heavy atom. The van der Waals surface area contributed by atoms with Crippen LogP contribution in [-0.2, 0) is 23.9 Å². The van der Waals surface area contributed by atoms with E-state index < -0.39 is 18.1 Å². The maximum absolute atomic E-state index is 13.9. The van der Waals surface area contributed by atoms with Gasteiger partial charge in [0.05, 0.1) is 7.11 Å². The molecule has 0 radical (unpaired) electrons. The van der Waals surface area contributed by atoms with E-state index in [1.807, 2.05) is 6.92 Å². The highest BCUT2D eigenvalue weighted by atomic mass is 19.3. The van der Waals surface area contributed by atoms with Crippen molar-refractivity contribution >= 4 is 17.7 Å². The van der Waals surface area contributed by atoms with Crippen LogP contribution in [0.5, 0.6) is 0 Å². The first-order valence-electron chi connectivity index (χ1n) is 11.1. The number of carbonyl (C=O) groups excluding carboxylic acids is 3. The smallest absolute Gasteiger partial charge is 0.309 e. The maximum atomic E-state index is 13.9. The van der Waals surface area contributed by atoms with Gasteiger partial charge in [0.15, 0.2) is 0 Å². The molecule has 1 aliphatic rings. The Morgan fingerprint density at radius 3 is 2.40 bits per heavy atom. The summed E-state index contributed by atoms with van der Waals surface area (Å²) in [6.07, 6.45) is 8.87. The number of alkyl halides is 2. The number of halogens is 2. The molecular weight excluding hydrogens is 394 g/mol. The van der Waals surface area contributed by atoms with Crippen LogP contribution >= 0.6 is 0 Å². The zero-order chi connectivity index (χ0) is 22.6. The molecule has 1 unspecified atom stereocenters. The lowest BCUT2D eigenvalue weighted by atomic mass is 9.88. The minimum atomic E-state index is -3.32. The molecule has 0 aromatic carbocycles. The average Bonchev–Trinajstić information content (AvgIpc) is 3.07. The minimum absolute atomic E-state index is 0.0165. The lowest BCUT2D eigenvalue weighted by Gasteiger charge is -2.23. The van der Waals surface area contributed by atoms with Crippen LogP contribution in [0.1, 0.15) is 84.5 Å². The molecule has 30 heavy (non-hydrogen) atoms. The number of ether oxygens (including phenoxy) is 2. The number of ketones is 1. The number of hydrogen-bond acceptors (Lipinski definition) is 5. The number of hydrogen-bond donors (Lipinski definition) is 0. The first-order valence-corrected chi connectivity index (χ1v) is 11.1. The van der Waals surface area contributed by atoms with Crippen LogP contribution < -0.4 is 0 Å². The van der Waals surface area contributed by atoms with Gasteiger partial charge in [-0.3, -0.25) is 14.4 Å². The first-order chi connectivity index (χ1) is 14.2. The van der Waals surface area contributed by atoms with Gasteiger partial charge in [0.1, 0.15) is 6.10 Å². The van der Waals surface area contributed by atoms with E-state index >= 15 is 0 Å². The summed E-state index contributed by atoms with van der Waals surface area (Å²) >= 11 is 0. The Balaban J connectivity index is 2.61. The molecule has 172 valence electrons. The standard InChI is InChI=1S/C23H36F2O5/c1-4-5-16-23(24,25)21(27)15-13-18-12-14-20(30-17(2)26)19(18)10-8-6-7-9-11-22(28)29-3/h13,15,18-20H,4-12,14,16H2,1-3H3/t18-,19?,20+/m1/s1. The molecule has 0 aliphatic heterocycles. The predicted molar refractivity (Wildman–Crippen MR) is 110 cm³/mol. The van der Waals surface area contributed by atoms with Crippen molar-refractivity contribution in [1.29, 1.82) is 0 Å². The van der Waals surface area contributed by atoms with E-state index in [-0.39, 0.29) is 29.9 Å². The summed E-state index contributed by atoms with van der Waals surface area (Å²) in [5.41, 5.74) is 0. The molecule has 5 nitrogen and oxygen atoms in total. The number of allylic oxidation sites excluding steroid dienone is 2. The normalized spacial score (nSPS) is 21.7. The monoisotopic (exact) mass is 430 g/mol. The molecule has 0 N–H and O–H groups in total. The number of unbranched alkanes of at least 4 members (excludes halogenated alkanes) is 4. The molecular formula is C23H36F2O5. The van der Waals surface area contributed by atoms with Gasteiger partial charge >= 0.3 is 17.9 Å². The number of esters is 2. The molecule has 0 heterocycles. The second-order valence-electron chi connectivity index (χ2n) is 8.11. The van der Waals surface area contributed by atoms with Crippen molar-refractivity contribution in [3.63, 3.8) is 0 Å². The van der Waals surface area contributed by atoms with Crippen LogP contribution in [-0.4, -0.2) is 36.9 Å². The van der Waals surface area contributed by atoms with Crippen LogP contribution in [0.25, 0.3) is 0 Å². The van der Waals surface area contributed by atoms with Gasteiger partial charge in [0.2, 0.25) is 5.78 Å². The van der Waals surface area contributed by atoms with Crippen LogP contribution in [0.2, 0.25) is 0 Å². The zero-order valence-corrected chi connectivity index (χ0v) is 18.5. The Labute approximate surface area is 178 Å². The third-order valence-corrected chi connectivity index (χ3v) is 5.72. The fraction of sp³-hybridized carbons (Fsp3) is 0.783. The van der Waals surface area contributed by atoms with Gasteiger partial charge in [-0.05, 0) is 44.1 Å². The highest BCUT2D eigenvalue weighted by Crippen LogP contribution is 2.39. The molecule has 0 amide bonds. The van der Waals surface area contributed by atoms with E-state index in [4.69, 9.17) is 4.74 Å². The zero-order valence-electron chi connectivity index (χ0n) is 18.5. The average molecular weight is 431 g/mol. The summed E-state index contributed by atoms with van der Waals surface area (Å²) in [5, 5.41) is 0. The van der Waals surface area contributed by atoms with E-state index in [1.165, 1.54) is 14.0 Å². The fourth-order valence-electron chi connectivity index (χ4n) is 4.02. The first kappa shape index (κ1) is 26.2. The molecule has 0 spiro atoms. The van der Waals surface area contributed by atoms with Crippen molar-refractivity contribution in [1.82, 2.24) is 0 Å². The summed E-state index contributed by atoms with van der Waals surface area (Å²) in [7, 11) is 1.37. The predicted octanol–water partition coefficient (Wildman–Crippen LogP) is 5.41. The molecule has 7 heteroatoms. The van der Waals surface area contributed by atoms with Gasteiger partial charge < -0.3 is 9.47 Å². The number of rotatable bonds is 14. The lowest BCUT2D eigenvalue weighted by molar-refractivity contribution is -0.148. The maximum Gasteiger partial charge on any atom is 0.309 e. The van der Waals surface area contributed by atoms with E-state index in [0.717, 1.165) is 38.2 Å². The van der Waals surface area contributed by atoms with Crippen molar-refractivity contribution in [3.8, 4) is 0 Å². The molecule has 0 bridgehead atoms. The van der Waals surface area contributed by atoms with Crippen molar-refractivity contribution in [2.75, 3.05) is 7.11 Å². The van der Waals surface area contributed by atoms with Crippen molar-refractivity contribution in [2.45, 2.75) is 96.5 Å². The van der Waals surface area contributed by atoms with Crippen molar-refractivity contribution in [2.24, 2.45) is 11.8 Å². The lowest BCUT2D eigenvalue weighted by Crippen LogP contribution is -2.27. The van der Waals surface area contributed by atoms with Crippen LogP contribution in [0.3, 0.4) is 0 Å². The van der Waals surface area contributed by atoms with Crippen LogP contribution in [0, 0.1) is 11.8 Å². The molecule has 0 saturated heterocycles. The van der Waals surface area contributed by atoms with Crippen LogP contribution in [0.15, 0.2) is 12.2 Å². The van der Waals surface area contributed by atoms with Gasteiger partial charge in [0, 0.05) is 25.7 Å². The van der Waals surface area contributed by atoms with Crippen molar-refractivity contribution in [3.05, 3.63) is 12.2 Å². The quantitative estimate of drug-likeness (QED) is 0.209. The van der Waals surface area contributed by atoms with Gasteiger partial charge in [-0.25, -0.2) is 0 Å². The van der Waals surface area contributed by atoms with Gasteiger partial charge in [0.25, 0.3) is 0 Å². The molecule has 0 aromatic rings. The summed E-state index contributed by atoms with van der Waals surface area (Å²) in [6.45, 7) is 3.18. The third kappa shape index (κ3) is 9.35. The van der Waals surface area contributed by atoms with Gasteiger partial charge in [-0.1, -0.05) is 38.7 Å². The van der Waals surface area contributed by atoms with Crippen LogP contribution in [0.4, 0.5) is 8.78 Å². The number of carbonyl (C=O) groups is 3. The highest BCUT2D eigenvalue weighted by molar-refractivity contribution is 5.95.